The first kappa shape index (κ1) is 17.4. The number of hydrogen-bond donors (Lipinski definition) is 1. The zero-order chi connectivity index (χ0) is 17.5. The predicted molar refractivity (Wildman–Crippen MR) is 94.6 cm³/mol. The van der Waals surface area contributed by atoms with Crippen LogP contribution in [0.2, 0.25) is 0 Å². The Kier molecular flexibility index (Phi) is 5.97. The number of rotatable bonds is 8. The third-order valence-electron chi connectivity index (χ3n) is 4.52. The molecule has 25 heavy (non-hydrogen) atoms. The first-order valence-corrected chi connectivity index (χ1v) is 8.78. The van der Waals surface area contributed by atoms with Gasteiger partial charge in [-0.25, -0.2) is 0 Å². The molecule has 0 amide bonds. The van der Waals surface area contributed by atoms with Crippen LogP contribution in [0, 0.1) is 11.3 Å². The second-order valence-electron chi connectivity index (χ2n) is 6.22. The molecule has 1 unspecified atom stereocenters. The molecule has 1 N–H and O–H groups in total. The van der Waals surface area contributed by atoms with Crippen LogP contribution in [0.25, 0.3) is 0 Å². The Balaban J connectivity index is 1.62. The molecule has 5 heteroatoms. The van der Waals surface area contributed by atoms with Crippen LogP contribution in [0.1, 0.15) is 48.6 Å². The van der Waals surface area contributed by atoms with E-state index in [0.29, 0.717) is 25.5 Å². The molecule has 1 aromatic heterocycles. The fourth-order valence-electron chi connectivity index (χ4n) is 3.22. The number of fused-ring (bicyclic) bond motifs is 1. The number of nitriles is 1. The first-order chi connectivity index (χ1) is 12.3. The highest BCUT2D eigenvalue weighted by atomic mass is 16.5. The second kappa shape index (κ2) is 8.59. The first-order valence-electron chi connectivity index (χ1n) is 8.78. The molecule has 0 radical (unpaired) electrons. The van der Waals surface area contributed by atoms with Crippen LogP contribution in [0.5, 0.6) is 11.5 Å². The van der Waals surface area contributed by atoms with Gasteiger partial charge in [-0.2, -0.15) is 5.26 Å². The summed E-state index contributed by atoms with van der Waals surface area (Å²) in [5.41, 5.74) is 2.43. The highest BCUT2D eigenvalue weighted by Crippen LogP contribution is 2.32. The SMILES string of the molecule is COc1ccc(CNC2CCCc3occc32)cc1OCCCC#N. The Bertz CT molecular complexity index is 733. The Hall–Kier alpha value is -2.45. The number of nitrogens with zero attached hydrogens (tertiary/aromatic N) is 1. The molecule has 0 saturated carbocycles. The summed E-state index contributed by atoms with van der Waals surface area (Å²) in [4.78, 5) is 0. The Morgan fingerprint density at radius 2 is 2.24 bits per heavy atom. The fourth-order valence-corrected chi connectivity index (χ4v) is 3.22. The van der Waals surface area contributed by atoms with E-state index in [0.717, 1.165) is 48.6 Å². The highest BCUT2D eigenvalue weighted by Gasteiger charge is 2.22. The number of benzene rings is 1. The topological polar surface area (TPSA) is 67.4 Å². The van der Waals surface area contributed by atoms with Crippen molar-refractivity contribution in [2.24, 2.45) is 0 Å². The fraction of sp³-hybridized carbons (Fsp3) is 0.450. The van der Waals surface area contributed by atoms with Crippen LogP contribution < -0.4 is 14.8 Å². The summed E-state index contributed by atoms with van der Waals surface area (Å²) in [6.07, 6.45) is 6.30. The molecule has 2 aromatic rings. The lowest BCUT2D eigenvalue weighted by Crippen LogP contribution is -2.24. The highest BCUT2D eigenvalue weighted by molar-refractivity contribution is 5.43. The van der Waals surface area contributed by atoms with Crippen molar-refractivity contribution in [1.82, 2.24) is 5.32 Å². The van der Waals surface area contributed by atoms with Gasteiger partial charge in [0.25, 0.3) is 0 Å². The van der Waals surface area contributed by atoms with Crippen molar-refractivity contribution in [3.05, 3.63) is 47.4 Å². The zero-order valence-corrected chi connectivity index (χ0v) is 14.6. The smallest absolute Gasteiger partial charge is 0.161 e. The summed E-state index contributed by atoms with van der Waals surface area (Å²) in [6.45, 7) is 1.27. The maximum absolute atomic E-state index is 8.61. The van der Waals surface area contributed by atoms with Gasteiger partial charge in [-0.1, -0.05) is 6.07 Å². The number of ether oxygens (including phenoxy) is 2. The average Bonchev–Trinajstić information content (AvgIpc) is 3.13. The summed E-state index contributed by atoms with van der Waals surface area (Å²) in [5.74, 6) is 2.56. The minimum atomic E-state index is 0.338. The molecule has 0 fully saturated rings. The lowest BCUT2D eigenvalue weighted by atomic mass is 9.93. The zero-order valence-electron chi connectivity index (χ0n) is 14.6. The molecule has 1 aromatic carbocycles. The molecular weight excluding hydrogens is 316 g/mol. The van der Waals surface area contributed by atoms with E-state index in [1.54, 1.807) is 13.4 Å². The van der Waals surface area contributed by atoms with Gasteiger partial charge in [0.05, 0.1) is 26.0 Å². The molecule has 0 saturated heterocycles. The molecule has 1 heterocycles. The summed E-state index contributed by atoms with van der Waals surface area (Å²) in [7, 11) is 1.64. The quantitative estimate of drug-likeness (QED) is 0.732. The number of unbranched alkanes of at least 4 members (excludes halogenated alkanes) is 1. The van der Waals surface area contributed by atoms with Crippen molar-refractivity contribution in [1.29, 1.82) is 5.26 Å². The molecule has 3 rings (SSSR count). The second-order valence-corrected chi connectivity index (χ2v) is 6.22. The van der Waals surface area contributed by atoms with E-state index < -0.39 is 0 Å². The molecule has 1 aliphatic carbocycles. The average molecular weight is 340 g/mol. The summed E-state index contributed by atoms with van der Waals surface area (Å²) < 4.78 is 16.7. The number of furan rings is 1. The van der Waals surface area contributed by atoms with E-state index in [2.05, 4.69) is 17.5 Å². The maximum Gasteiger partial charge on any atom is 0.161 e. The number of nitrogens with one attached hydrogen (secondary N) is 1. The molecule has 0 aliphatic heterocycles. The monoisotopic (exact) mass is 340 g/mol. The van der Waals surface area contributed by atoms with E-state index >= 15 is 0 Å². The van der Waals surface area contributed by atoms with Crippen molar-refractivity contribution in [2.45, 2.75) is 44.7 Å². The molecule has 0 bridgehead atoms. The molecular formula is C20H24N2O3. The van der Waals surface area contributed by atoms with Gasteiger partial charge in [-0.15, -0.1) is 0 Å². The molecule has 0 spiro atoms. The van der Waals surface area contributed by atoms with Crippen molar-refractivity contribution >= 4 is 0 Å². The van der Waals surface area contributed by atoms with Crippen LogP contribution in [-0.4, -0.2) is 13.7 Å². The van der Waals surface area contributed by atoms with E-state index in [9.17, 15) is 0 Å². The van der Waals surface area contributed by atoms with Crippen molar-refractivity contribution in [2.75, 3.05) is 13.7 Å². The number of hydrogen-bond acceptors (Lipinski definition) is 5. The third-order valence-corrected chi connectivity index (χ3v) is 4.52. The largest absolute Gasteiger partial charge is 0.493 e. The normalized spacial score (nSPS) is 16.1. The maximum atomic E-state index is 8.61. The minimum Gasteiger partial charge on any atom is -0.493 e. The van der Waals surface area contributed by atoms with Gasteiger partial charge >= 0.3 is 0 Å². The Morgan fingerprint density at radius 1 is 1.32 bits per heavy atom. The Labute approximate surface area is 148 Å². The van der Waals surface area contributed by atoms with Crippen LogP contribution in [0.4, 0.5) is 0 Å². The molecule has 1 aliphatic rings. The van der Waals surface area contributed by atoms with Crippen molar-refractivity contribution < 1.29 is 13.9 Å². The van der Waals surface area contributed by atoms with E-state index in [1.165, 1.54) is 5.56 Å². The van der Waals surface area contributed by atoms with Gasteiger partial charge in [0, 0.05) is 31.0 Å². The van der Waals surface area contributed by atoms with Gasteiger partial charge in [-0.05, 0) is 43.0 Å². The molecule has 1 atom stereocenters. The summed E-state index contributed by atoms with van der Waals surface area (Å²) in [5, 5.41) is 12.2. The number of methoxy groups -OCH3 is 1. The van der Waals surface area contributed by atoms with Crippen LogP contribution in [0.3, 0.4) is 0 Å². The van der Waals surface area contributed by atoms with Gasteiger partial charge in [0.1, 0.15) is 5.76 Å². The van der Waals surface area contributed by atoms with Crippen LogP contribution in [-0.2, 0) is 13.0 Å². The molecule has 132 valence electrons. The summed E-state index contributed by atoms with van der Waals surface area (Å²) in [6, 6.07) is 10.5. The standard InChI is InChI=1S/C20H24N2O3/c1-23-19-8-7-15(13-20(19)24-11-3-2-10-21)14-22-17-5-4-6-18-16(17)9-12-25-18/h7-9,12-13,17,22H,2-6,11,14H2,1H3. The van der Waals surface area contributed by atoms with Crippen molar-refractivity contribution in [3.8, 4) is 17.6 Å². The lowest BCUT2D eigenvalue weighted by Gasteiger charge is -2.23. The van der Waals surface area contributed by atoms with E-state index in [4.69, 9.17) is 19.2 Å². The van der Waals surface area contributed by atoms with E-state index in [1.807, 2.05) is 18.2 Å². The number of aryl methyl sites for hydroxylation is 1. The van der Waals surface area contributed by atoms with Gasteiger partial charge < -0.3 is 19.2 Å². The van der Waals surface area contributed by atoms with Gasteiger partial charge in [0.2, 0.25) is 0 Å². The van der Waals surface area contributed by atoms with Crippen molar-refractivity contribution in [3.63, 3.8) is 0 Å². The van der Waals surface area contributed by atoms with E-state index in [-0.39, 0.29) is 0 Å². The third kappa shape index (κ3) is 4.34. The lowest BCUT2D eigenvalue weighted by molar-refractivity contribution is 0.290. The van der Waals surface area contributed by atoms with Crippen LogP contribution >= 0.6 is 0 Å². The summed E-state index contributed by atoms with van der Waals surface area (Å²) >= 11 is 0. The van der Waals surface area contributed by atoms with Gasteiger partial charge in [-0.3, -0.25) is 0 Å². The predicted octanol–water partition coefficient (Wildman–Crippen LogP) is 4.14. The van der Waals surface area contributed by atoms with Crippen LogP contribution in [0.15, 0.2) is 34.9 Å². The Morgan fingerprint density at radius 3 is 3.08 bits per heavy atom. The van der Waals surface area contributed by atoms with Gasteiger partial charge in [0.15, 0.2) is 11.5 Å². The minimum absolute atomic E-state index is 0.338. The molecule has 5 nitrogen and oxygen atoms in total.